The molecule has 0 aliphatic heterocycles. The maximum Gasteiger partial charge on any atom is 0.397 e. The second-order valence-corrected chi connectivity index (χ2v) is 3.57. The topological polar surface area (TPSA) is 0 Å². The van der Waals surface area contributed by atoms with Crippen LogP contribution in [0.25, 0.3) is 0 Å². The Bertz CT molecular complexity index is 198. The molecule has 1 saturated carbocycles. The molecule has 1 rings (SSSR count). The molecule has 0 aromatic heterocycles. The summed E-state index contributed by atoms with van der Waals surface area (Å²) in [5.41, 5.74) is 0. The van der Waals surface area contributed by atoms with Gasteiger partial charge < -0.3 is 0 Å². The van der Waals surface area contributed by atoms with Gasteiger partial charge in [-0.3, -0.25) is 0 Å². The molecule has 0 saturated heterocycles. The van der Waals surface area contributed by atoms with Gasteiger partial charge in [0.25, 0.3) is 0 Å². The average molecular weight is 214 g/mol. The first kappa shape index (κ1) is 11.5. The van der Waals surface area contributed by atoms with Crippen LogP contribution in [0.5, 0.6) is 0 Å². The minimum absolute atomic E-state index is 0.284. The minimum atomic E-state index is -4.79. The quantitative estimate of drug-likeness (QED) is 0.463. The van der Waals surface area contributed by atoms with E-state index in [0.717, 1.165) is 0 Å². The molecule has 5 heteroatoms. The first-order valence-corrected chi connectivity index (χ1v) is 4.33. The lowest BCUT2D eigenvalue weighted by Gasteiger charge is -2.34. The van der Waals surface area contributed by atoms with Gasteiger partial charge in [0.05, 0.1) is 0 Å². The Kier molecular flexibility index (Phi) is 3.17. The van der Waals surface area contributed by atoms with E-state index in [1.54, 1.807) is 0 Å². The summed E-state index contributed by atoms with van der Waals surface area (Å²) in [6.45, 7) is 3.33. The molecule has 1 aliphatic carbocycles. The zero-order valence-electron chi connectivity index (χ0n) is 7.40. The van der Waals surface area contributed by atoms with E-state index >= 15 is 0 Å². The normalized spacial score (nSPS) is 39.5. The predicted octanol–water partition coefficient (Wildman–Crippen LogP) is 3.44. The highest BCUT2D eigenvalue weighted by atomic mass is 19.4. The lowest BCUT2D eigenvalue weighted by Crippen LogP contribution is -2.44. The van der Waals surface area contributed by atoms with Gasteiger partial charge in [0.15, 0.2) is 0 Å². The van der Waals surface area contributed by atoms with Gasteiger partial charge in [0.1, 0.15) is 18.3 Å². The summed E-state index contributed by atoms with van der Waals surface area (Å²) < 4.78 is 62.5. The van der Waals surface area contributed by atoms with E-state index in [9.17, 15) is 22.0 Å². The fourth-order valence-electron chi connectivity index (χ4n) is 1.80. The molecule has 1 aliphatic rings. The molecule has 2 unspecified atom stereocenters. The smallest absolute Gasteiger partial charge is 0.247 e. The van der Waals surface area contributed by atoms with Crippen molar-refractivity contribution in [3.05, 3.63) is 12.7 Å². The molecule has 0 aromatic carbocycles. The third-order valence-corrected chi connectivity index (χ3v) is 2.55. The Labute approximate surface area is 78.8 Å². The SMILES string of the molecule is C=CC1CC(F)C(C(F)(F)F)C(F)C1. The molecule has 0 radical (unpaired) electrons. The summed E-state index contributed by atoms with van der Waals surface area (Å²) >= 11 is 0. The molecule has 0 bridgehead atoms. The highest BCUT2D eigenvalue weighted by molar-refractivity contribution is 4.95. The number of hydrogen-bond donors (Lipinski definition) is 0. The number of allylic oxidation sites excluding steroid dienone is 1. The van der Waals surface area contributed by atoms with Gasteiger partial charge in [-0.15, -0.1) is 6.58 Å². The van der Waals surface area contributed by atoms with Crippen LogP contribution in [-0.4, -0.2) is 18.5 Å². The Morgan fingerprint density at radius 1 is 1.07 bits per heavy atom. The van der Waals surface area contributed by atoms with Crippen LogP contribution in [-0.2, 0) is 0 Å². The molecule has 0 nitrogen and oxygen atoms in total. The largest absolute Gasteiger partial charge is 0.397 e. The van der Waals surface area contributed by atoms with Crippen molar-refractivity contribution in [2.24, 2.45) is 11.8 Å². The molecule has 14 heavy (non-hydrogen) atoms. The van der Waals surface area contributed by atoms with Crippen LogP contribution in [0, 0.1) is 11.8 Å². The van der Waals surface area contributed by atoms with Crippen LogP contribution in [0.2, 0.25) is 0 Å². The van der Waals surface area contributed by atoms with Crippen LogP contribution >= 0.6 is 0 Å². The highest BCUT2D eigenvalue weighted by Crippen LogP contribution is 2.43. The molecule has 0 amide bonds. The van der Waals surface area contributed by atoms with Gasteiger partial charge in [0.2, 0.25) is 0 Å². The van der Waals surface area contributed by atoms with E-state index in [2.05, 4.69) is 6.58 Å². The van der Waals surface area contributed by atoms with Crippen molar-refractivity contribution >= 4 is 0 Å². The highest BCUT2D eigenvalue weighted by Gasteiger charge is 2.53. The molecular weight excluding hydrogens is 203 g/mol. The van der Waals surface area contributed by atoms with Crippen LogP contribution < -0.4 is 0 Å². The maximum absolute atomic E-state index is 13.0. The van der Waals surface area contributed by atoms with Gasteiger partial charge in [-0.2, -0.15) is 13.2 Å². The monoisotopic (exact) mass is 214 g/mol. The third kappa shape index (κ3) is 2.25. The van der Waals surface area contributed by atoms with Gasteiger partial charge in [-0.1, -0.05) is 6.08 Å². The van der Waals surface area contributed by atoms with Gasteiger partial charge in [0, 0.05) is 0 Å². The average Bonchev–Trinajstić information content (AvgIpc) is 1.99. The van der Waals surface area contributed by atoms with Crippen LogP contribution in [0.15, 0.2) is 12.7 Å². The van der Waals surface area contributed by atoms with Crippen LogP contribution in [0.3, 0.4) is 0 Å². The molecule has 82 valence electrons. The summed E-state index contributed by atoms with van der Waals surface area (Å²) in [7, 11) is 0. The summed E-state index contributed by atoms with van der Waals surface area (Å²) in [5, 5.41) is 0. The van der Waals surface area contributed by atoms with E-state index in [1.165, 1.54) is 6.08 Å². The van der Waals surface area contributed by atoms with Crippen molar-refractivity contribution in [3.63, 3.8) is 0 Å². The lowest BCUT2D eigenvalue weighted by atomic mass is 9.79. The standard InChI is InChI=1S/C9H11F5/c1-2-5-3-6(10)8(7(11)4-5)9(12,13)14/h2,5-8H,1,3-4H2. The summed E-state index contributed by atoms with van der Waals surface area (Å²) in [5.74, 6) is -2.95. The second kappa shape index (κ2) is 3.87. The molecular formula is C9H11F5. The Morgan fingerprint density at radius 2 is 1.50 bits per heavy atom. The maximum atomic E-state index is 13.0. The molecule has 0 N–H and O–H groups in total. The van der Waals surface area contributed by atoms with Gasteiger partial charge >= 0.3 is 6.18 Å². The van der Waals surface area contributed by atoms with Crippen molar-refractivity contribution in [3.8, 4) is 0 Å². The summed E-state index contributed by atoms with van der Waals surface area (Å²) in [6, 6.07) is 0. The summed E-state index contributed by atoms with van der Waals surface area (Å²) in [4.78, 5) is 0. The number of rotatable bonds is 1. The third-order valence-electron chi connectivity index (χ3n) is 2.55. The fraction of sp³-hybridized carbons (Fsp3) is 0.778. The van der Waals surface area contributed by atoms with Gasteiger partial charge in [-0.25, -0.2) is 8.78 Å². The molecule has 0 spiro atoms. The second-order valence-electron chi connectivity index (χ2n) is 3.57. The minimum Gasteiger partial charge on any atom is -0.247 e. The number of hydrogen-bond acceptors (Lipinski definition) is 0. The first-order chi connectivity index (χ1) is 6.36. The van der Waals surface area contributed by atoms with Crippen molar-refractivity contribution < 1.29 is 22.0 Å². The molecule has 2 atom stereocenters. The first-order valence-electron chi connectivity index (χ1n) is 4.33. The van der Waals surface area contributed by atoms with Crippen LogP contribution in [0.4, 0.5) is 22.0 Å². The predicted molar refractivity (Wildman–Crippen MR) is 42.3 cm³/mol. The van der Waals surface area contributed by atoms with Crippen molar-refractivity contribution in [1.29, 1.82) is 0 Å². The molecule has 1 fully saturated rings. The van der Waals surface area contributed by atoms with Crippen molar-refractivity contribution in [1.82, 2.24) is 0 Å². The Morgan fingerprint density at radius 3 is 1.79 bits per heavy atom. The summed E-state index contributed by atoms with van der Waals surface area (Å²) in [6.07, 6.45) is -8.35. The number of alkyl halides is 5. The van der Waals surface area contributed by atoms with Crippen molar-refractivity contribution in [2.75, 3.05) is 0 Å². The zero-order valence-corrected chi connectivity index (χ0v) is 7.40. The Balaban J connectivity index is 2.75. The van der Waals surface area contributed by atoms with Crippen molar-refractivity contribution in [2.45, 2.75) is 31.4 Å². The molecule has 0 heterocycles. The molecule has 0 aromatic rings. The fourth-order valence-corrected chi connectivity index (χ4v) is 1.80. The van der Waals surface area contributed by atoms with E-state index in [4.69, 9.17) is 0 Å². The Hall–Kier alpha value is -0.610. The van der Waals surface area contributed by atoms with E-state index in [0.29, 0.717) is 0 Å². The van der Waals surface area contributed by atoms with E-state index in [1.807, 2.05) is 0 Å². The zero-order chi connectivity index (χ0) is 10.9. The lowest BCUT2D eigenvalue weighted by molar-refractivity contribution is -0.217. The van der Waals surface area contributed by atoms with Crippen LogP contribution in [0.1, 0.15) is 12.8 Å². The van der Waals surface area contributed by atoms with E-state index in [-0.39, 0.29) is 12.8 Å². The van der Waals surface area contributed by atoms with E-state index < -0.39 is 30.4 Å². The number of halogens is 5. The van der Waals surface area contributed by atoms with Gasteiger partial charge in [-0.05, 0) is 18.8 Å².